The van der Waals surface area contributed by atoms with Gasteiger partial charge in [-0.2, -0.15) is 0 Å². The number of hydrogen-bond donors (Lipinski definition) is 1. The molecule has 0 amide bonds. The lowest BCUT2D eigenvalue weighted by Gasteiger charge is -2.33. The van der Waals surface area contributed by atoms with E-state index in [1.165, 1.54) is 5.71 Å². The standard InChI is InChI=1S/C15H22N5/c1-19-11-8-16-12-15(19)18-13-5-9-20(10-6-13)14-4-2-3-7-17-14/h2,4,7,15-16H,5-6,8-12H2,1H3. The van der Waals surface area contributed by atoms with E-state index in [9.17, 15) is 0 Å². The van der Waals surface area contributed by atoms with Gasteiger partial charge in [-0.15, -0.1) is 0 Å². The van der Waals surface area contributed by atoms with E-state index in [-0.39, 0.29) is 0 Å². The van der Waals surface area contributed by atoms with Gasteiger partial charge in [-0.05, 0) is 19.2 Å². The number of piperidine rings is 1. The van der Waals surface area contributed by atoms with Crippen molar-refractivity contribution in [3.8, 4) is 0 Å². The number of anilines is 1. The highest BCUT2D eigenvalue weighted by Crippen LogP contribution is 2.16. The topological polar surface area (TPSA) is 43.8 Å². The molecular weight excluding hydrogens is 250 g/mol. The molecular formula is C15H22N5. The first-order valence-electron chi connectivity index (χ1n) is 7.36. The molecule has 2 saturated heterocycles. The average Bonchev–Trinajstić information content (AvgIpc) is 2.51. The summed E-state index contributed by atoms with van der Waals surface area (Å²) >= 11 is 0. The Balaban J connectivity index is 1.58. The fourth-order valence-corrected chi connectivity index (χ4v) is 2.77. The summed E-state index contributed by atoms with van der Waals surface area (Å²) in [6, 6.07) is 6.92. The van der Waals surface area contributed by atoms with Crippen molar-refractivity contribution in [2.75, 3.05) is 44.7 Å². The molecule has 0 spiro atoms. The van der Waals surface area contributed by atoms with Gasteiger partial charge in [-0.1, -0.05) is 0 Å². The van der Waals surface area contributed by atoms with Crippen molar-refractivity contribution < 1.29 is 0 Å². The van der Waals surface area contributed by atoms with Crippen molar-refractivity contribution in [3.05, 3.63) is 24.4 Å². The van der Waals surface area contributed by atoms with Crippen LogP contribution in [0.5, 0.6) is 0 Å². The number of rotatable bonds is 2. The van der Waals surface area contributed by atoms with E-state index in [1.807, 2.05) is 12.1 Å². The molecule has 2 aliphatic heterocycles. The van der Waals surface area contributed by atoms with Crippen molar-refractivity contribution in [1.29, 1.82) is 0 Å². The number of pyridine rings is 1. The second-order valence-corrected chi connectivity index (χ2v) is 5.46. The molecule has 1 aromatic rings. The number of aromatic nitrogens is 1. The second-order valence-electron chi connectivity index (χ2n) is 5.46. The Kier molecular flexibility index (Phi) is 4.28. The first-order chi connectivity index (χ1) is 9.83. The summed E-state index contributed by atoms with van der Waals surface area (Å²) in [5, 5.41) is 3.42. The van der Waals surface area contributed by atoms with Crippen LogP contribution in [0.1, 0.15) is 12.8 Å². The lowest BCUT2D eigenvalue weighted by atomic mass is 10.1. The number of likely N-dealkylation sites (N-methyl/N-ethyl adjacent to an activating group) is 1. The van der Waals surface area contributed by atoms with Gasteiger partial charge in [0.05, 0.1) is 0 Å². The lowest BCUT2D eigenvalue weighted by Crippen LogP contribution is -2.49. The molecule has 3 heterocycles. The molecule has 2 aliphatic rings. The summed E-state index contributed by atoms with van der Waals surface area (Å²) in [5.74, 6) is 1.05. The summed E-state index contributed by atoms with van der Waals surface area (Å²) in [5.41, 5.74) is 1.35. The van der Waals surface area contributed by atoms with E-state index in [1.54, 1.807) is 6.20 Å². The second kappa shape index (κ2) is 6.33. The van der Waals surface area contributed by atoms with Gasteiger partial charge in [0, 0.05) is 63.5 Å². The maximum absolute atomic E-state index is 4.93. The van der Waals surface area contributed by atoms with Crippen molar-refractivity contribution in [2.24, 2.45) is 4.99 Å². The van der Waals surface area contributed by atoms with Crippen molar-refractivity contribution in [2.45, 2.75) is 19.0 Å². The van der Waals surface area contributed by atoms with E-state index in [0.29, 0.717) is 6.17 Å². The molecule has 2 fully saturated rings. The highest BCUT2D eigenvalue weighted by Gasteiger charge is 2.21. The normalized spacial score (nSPS) is 24.8. The third kappa shape index (κ3) is 3.16. The Morgan fingerprint density at radius 1 is 1.35 bits per heavy atom. The largest absolute Gasteiger partial charge is 0.356 e. The predicted molar refractivity (Wildman–Crippen MR) is 81.2 cm³/mol. The Bertz CT molecular complexity index is 449. The maximum Gasteiger partial charge on any atom is 0.128 e. The van der Waals surface area contributed by atoms with Crippen molar-refractivity contribution >= 4 is 11.5 Å². The van der Waals surface area contributed by atoms with E-state index in [4.69, 9.17) is 4.99 Å². The SMILES string of the molecule is CN1CCNCC1N=C1CCN(c2cc[c]cn2)CC1. The van der Waals surface area contributed by atoms with Gasteiger partial charge < -0.3 is 10.2 Å². The monoisotopic (exact) mass is 272 g/mol. The minimum atomic E-state index is 0.315. The van der Waals surface area contributed by atoms with Crippen LogP contribution in [0.2, 0.25) is 0 Å². The van der Waals surface area contributed by atoms with Crippen LogP contribution in [-0.4, -0.2) is 61.5 Å². The fourth-order valence-electron chi connectivity index (χ4n) is 2.77. The first-order valence-corrected chi connectivity index (χ1v) is 7.36. The van der Waals surface area contributed by atoms with Gasteiger partial charge in [-0.3, -0.25) is 9.89 Å². The smallest absolute Gasteiger partial charge is 0.128 e. The lowest BCUT2D eigenvalue weighted by molar-refractivity contribution is 0.206. The molecule has 3 rings (SSSR count). The summed E-state index contributed by atoms with van der Waals surface area (Å²) in [7, 11) is 2.16. The Hall–Kier alpha value is -1.46. The van der Waals surface area contributed by atoms with Crippen molar-refractivity contribution in [1.82, 2.24) is 15.2 Å². The molecule has 0 saturated carbocycles. The van der Waals surface area contributed by atoms with E-state index >= 15 is 0 Å². The van der Waals surface area contributed by atoms with Crippen LogP contribution in [0.3, 0.4) is 0 Å². The zero-order valence-corrected chi connectivity index (χ0v) is 12.0. The number of nitrogens with zero attached hydrogens (tertiary/aromatic N) is 4. The molecule has 0 bridgehead atoms. The molecule has 1 unspecified atom stereocenters. The number of piperazine rings is 1. The van der Waals surface area contributed by atoms with Crippen LogP contribution in [0.15, 0.2) is 23.3 Å². The van der Waals surface area contributed by atoms with Crippen LogP contribution in [0, 0.1) is 6.07 Å². The number of aliphatic imine (C=N–C) groups is 1. The zero-order chi connectivity index (χ0) is 13.8. The van der Waals surface area contributed by atoms with Gasteiger partial charge in [0.2, 0.25) is 0 Å². The van der Waals surface area contributed by atoms with E-state index < -0.39 is 0 Å². The summed E-state index contributed by atoms with van der Waals surface area (Å²) in [4.78, 5) is 14.0. The molecule has 5 nitrogen and oxygen atoms in total. The van der Waals surface area contributed by atoms with E-state index in [2.05, 4.69) is 33.2 Å². The Morgan fingerprint density at radius 3 is 2.90 bits per heavy atom. The van der Waals surface area contributed by atoms with Crippen LogP contribution in [0.4, 0.5) is 5.82 Å². The molecule has 1 atom stereocenters. The molecule has 1 N–H and O–H groups in total. The molecule has 5 heteroatoms. The third-order valence-electron chi connectivity index (χ3n) is 4.07. The fraction of sp³-hybridized carbons (Fsp3) is 0.600. The van der Waals surface area contributed by atoms with Crippen LogP contribution >= 0.6 is 0 Å². The minimum absolute atomic E-state index is 0.315. The van der Waals surface area contributed by atoms with Gasteiger partial charge in [0.25, 0.3) is 0 Å². The number of nitrogens with one attached hydrogen (secondary N) is 1. The molecule has 107 valence electrons. The molecule has 0 aliphatic carbocycles. The van der Waals surface area contributed by atoms with E-state index in [0.717, 1.165) is 51.4 Å². The third-order valence-corrected chi connectivity index (χ3v) is 4.07. The predicted octanol–water partition coefficient (Wildman–Crippen LogP) is 0.784. The van der Waals surface area contributed by atoms with Crippen LogP contribution in [-0.2, 0) is 0 Å². The van der Waals surface area contributed by atoms with Crippen molar-refractivity contribution in [3.63, 3.8) is 0 Å². The van der Waals surface area contributed by atoms with Gasteiger partial charge >= 0.3 is 0 Å². The number of hydrogen-bond acceptors (Lipinski definition) is 5. The van der Waals surface area contributed by atoms with Gasteiger partial charge in [0.1, 0.15) is 12.0 Å². The maximum atomic E-state index is 4.93. The molecule has 20 heavy (non-hydrogen) atoms. The quantitative estimate of drug-likeness (QED) is 0.864. The minimum Gasteiger partial charge on any atom is -0.356 e. The van der Waals surface area contributed by atoms with Gasteiger partial charge in [0.15, 0.2) is 0 Å². The molecule has 1 radical (unpaired) electrons. The Labute approximate surface area is 120 Å². The Morgan fingerprint density at radius 2 is 2.20 bits per heavy atom. The van der Waals surface area contributed by atoms with Crippen LogP contribution in [0.25, 0.3) is 0 Å². The first kappa shape index (κ1) is 13.5. The summed E-state index contributed by atoms with van der Waals surface area (Å²) < 4.78 is 0. The summed E-state index contributed by atoms with van der Waals surface area (Å²) in [6.07, 6.45) is 4.14. The highest BCUT2D eigenvalue weighted by molar-refractivity contribution is 5.86. The molecule has 1 aromatic heterocycles. The molecule has 0 aromatic carbocycles. The zero-order valence-electron chi connectivity index (χ0n) is 12.0. The van der Waals surface area contributed by atoms with Gasteiger partial charge in [-0.25, -0.2) is 4.98 Å². The highest BCUT2D eigenvalue weighted by atomic mass is 15.3. The summed E-state index contributed by atoms with van der Waals surface area (Å²) in [6.45, 7) is 5.15. The van der Waals surface area contributed by atoms with Crippen LogP contribution < -0.4 is 10.2 Å². The average molecular weight is 272 g/mol.